The third kappa shape index (κ3) is 2.74. The lowest BCUT2D eigenvalue weighted by Crippen LogP contribution is -2.33. The topological polar surface area (TPSA) is 27.1 Å². The molecule has 2 rings (SSSR count). The van der Waals surface area contributed by atoms with Gasteiger partial charge in [-0.3, -0.25) is 5.41 Å². The predicted molar refractivity (Wildman–Crippen MR) is 77.0 cm³/mol. The third-order valence-electron chi connectivity index (χ3n) is 3.84. The fourth-order valence-electron chi connectivity index (χ4n) is 2.66. The Balaban J connectivity index is 1.94. The zero-order valence-corrected chi connectivity index (χ0v) is 11.7. The van der Waals surface area contributed by atoms with Crippen LogP contribution in [0.25, 0.3) is 0 Å². The van der Waals surface area contributed by atoms with Gasteiger partial charge >= 0.3 is 0 Å². The maximum absolute atomic E-state index is 8.26. The molecule has 2 nitrogen and oxygen atoms in total. The van der Waals surface area contributed by atoms with E-state index in [1.165, 1.54) is 24.8 Å². The van der Waals surface area contributed by atoms with Crippen LogP contribution in [-0.4, -0.2) is 16.8 Å². The molecule has 0 spiro atoms. The Morgan fingerprint density at radius 1 is 1.17 bits per heavy atom. The lowest BCUT2D eigenvalue weighted by Gasteiger charge is -2.26. The van der Waals surface area contributed by atoms with E-state index in [1.807, 2.05) is 6.07 Å². The van der Waals surface area contributed by atoms with Crippen LogP contribution in [0.2, 0.25) is 0 Å². The maximum atomic E-state index is 8.26. The monoisotopic (exact) mass is 244 g/mol. The summed E-state index contributed by atoms with van der Waals surface area (Å²) in [6, 6.07) is 8.78. The first-order chi connectivity index (χ1) is 8.59. The second-order valence-corrected chi connectivity index (χ2v) is 5.81. The number of hydrogen-bond donors (Lipinski definition) is 1. The summed E-state index contributed by atoms with van der Waals surface area (Å²) in [6.07, 6.45) is 3.74. The molecule has 1 atom stereocenters. The first-order valence-electron chi connectivity index (χ1n) is 7.03. The van der Waals surface area contributed by atoms with Gasteiger partial charge in [-0.1, -0.05) is 51.0 Å². The van der Waals surface area contributed by atoms with Crippen LogP contribution < -0.4 is 0 Å². The molecule has 0 amide bonds. The van der Waals surface area contributed by atoms with Crippen LogP contribution in [0.3, 0.4) is 0 Å². The predicted octanol–water partition coefficient (Wildman–Crippen LogP) is 4.04. The Hall–Kier alpha value is -1.31. The molecule has 1 aromatic carbocycles. The van der Waals surface area contributed by atoms with E-state index in [-0.39, 0.29) is 0 Å². The van der Waals surface area contributed by atoms with Crippen molar-refractivity contribution in [2.45, 2.75) is 52.6 Å². The molecule has 0 fully saturated rings. The van der Waals surface area contributed by atoms with E-state index in [1.54, 1.807) is 0 Å². The zero-order valence-electron chi connectivity index (χ0n) is 11.7. The van der Waals surface area contributed by atoms with Gasteiger partial charge in [0.1, 0.15) is 5.84 Å². The van der Waals surface area contributed by atoms with Crippen LogP contribution in [-0.2, 0) is 6.54 Å². The van der Waals surface area contributed by atoms with E-state index < -0.39 is 0 Å². The molecule has 2 heteroatoms. The van der Waals surface area contributed by atoms with E-state index in [0.29, 0.717) is 11.9 Å². The minimum absolute atomic E-state index is 0.476. The summed E-state index contributed by atoms with van der Waals surface area (Å²) in [5, 5.41) is 8.26. The molecular formula is C16H24N2. The normalized spacial score (nSPS) is 16.2. The van der Waals surface area contributed by atoms with Crippen molar-refractivity contribution >= 4 is 5.84 Å². The molecule has 98 valence electrons. The average Bonchev–Trinajstić information content (AvgIpc) is 2.67. The van der Waals surface area contributed by atoms with Crippen molar-refractivity contribution in [3.8, 4) is 0 Å². The Kier molecular flexibility index (Phi) is 4.05. The standard InChI is InChI=1S/C16H24N2/c1-12(2)7-6-8-13(3)18-11-14-9-4-5-10-15(14)16(18)17/h4-5,9-10,12-13,17H,6-8,11H2,1-3H3. The van der Waals surface area contributed by atoms with Crippen LogP contribution in [0.1, 0.15) is 51.2 Å². The van der Waals surface area contributed by atoms with E-state index in [0.717, 1.165) is 18.0 Å². The van der Waals surface area contributed by atoms with Gasteiger partial charge in [-0.05, 0) is 24.8 Å². The maximum Gasteiger partial charge on any atom is 0.128 e. The van der Waals surface area contributed by atoms with Gasteiger partial charge in [-0.25, -0.2) is 0 Å². The number of amidine groups is 1. The van der Waals surface area contributed by atoms with E-state index in [2.05, 4.69) is 43.9 Å². The molecule has 1 aliphatic rings. The highest BCUT2D eigenvalue weighted by Gasteiger charge is 2.26. The first-order valence-corrected chi connectivity index (χ1v) is 7.03. The van der Waals surface area contributed by atoms with Crippen molar-refractivity contribution in [2.75, 3.05) is 0 Å². The van der Waals surface area contributed by atoms with Crippen molar-refractivity contribution in [3.05, 3.63) is 35.4 Å². The molecule has 1 N–H and O–H groups in total. The summed E-state index contributed by atoms with van der Waals surface area (Å²) in [7, 11) is 0. The third-order valence-corrected chi connectivity index (χ3v) is 3.84. The number of fused-ring (bicyclic) bond motifs is 1. The fraction of sp³-hybridized carbons (Fsp3) is 0.562. The van der Waals surface area contributed by atoms with Gasteiger partial charge in [0.05, 0.1) is 0 Å². The SMILES string of the molecule is CC(C)CCCC(C)N1Cc2ccccc2C1=N. The van der Waals surface area contributed by atoms with Gasteiger partial charge in [0.2, 0.25) is 0 Å². The number of nitrogens with zero attached hydrogens (tertiary/aromatic N) is 1. The molecule has 18 heavy (non-hydrogen) atoms. The Morgan fingerprint density at radius 2 is 1.89 bits per heavy atom. The highest BCUT2D eigenvalue weighted by molar-refractivity contribution is 6.00. The number of hydrogen-bond acceptors (Lipinski definition) is 1. The minimum Gasteiger partial charge on any atom is -0.350 e. The second-order valence-electron chi connectivity index (χ2n) is 5.81. The summed E-state index contributed by atoms with van der Waals surface area (Å²) >= 11 is 0. The smallest absolute Gasteiger partial charge is 0.128 e. The highest BCUT2D eigenvalue weighted by Crippen LogP contribution is 2.26. The quantitative estimate of drug-likeness (QED) is 0.831. The Bertz CT molecular complexity index is 423. The molecule has 0 aromatic heterocycles. The summed E-state index contributed by atoms with van der Waals surface area (Å²) in [6.45, 7) is 7.72. The molecular weight excluding hydrogens is 220 g/mol. The molecule has 1 aliphatic heterocycles. The molecule has 0 saturated heterocycles. The van der Waals surface area contributed by atoms with Crippen LogP contribution in [0.4, 0.5) is 0 Å². The van der Waals surface area contributed by atoms with Gasteiger partial charge in [0, 0.05) is 18.2 Å². The zero-order chi connectivity index (χ0) is 13.1. The molecule has 1 heterocycles. The Labute approximate surface area is 111 Å². The van der Waals surface area contributed by atoms with Gasteiger partial charge in [0.25, 0.3) is 0 Å². The molecule has 1 unspecified atom stereocenters. The van der Waals surface area contributed by atoms with Crippen molar-refractivity contribution in [3.63, 3.8) is 0 Å². The van der Waals surface area contributed by atoms with Crippen molar-refractivity contribution in [1.82, 2.24) is 4.90 Å². The largest absolute Gasteiger partial charge is 0.350 e. The van der Waals surface area contributed by atoms with Gasteiger partial charge < -0.3 is 4.90 Å². The number of nitrogens with one attached hydrogen (secondary N) is 1. The highest BCUT2D eigenvalue weighted by atomic mass is 15.2. The van der Waals surface area contributed by atoms with E-state index in [4.69, 9.17) is 5.41 Å². The number of rotatable bonds is 5. The van der Waals surface area contributed by atoms with Crippen LogP contribution in [0.5, 0.6) is 0 Å². The number of benzene rings is 1. The van der Waals surface area contributed by atoms with Crippen LogP contribution >= 0.6 is 0 Å². The molecule has 0 saturated carbocycles. The summed E-state index contributed by atoms with van der Waals surface area (Å²) in [5.74, 6) is 1.50. The van der Waals surface area contributed by atoms with Crippen LogP contribution in [0.15, 0.2) is 24.3 Å². The fourth-order valence-corrected chi connectivity index (χ4v) is 2.66. The molecule has 0 aliphatic carbocycles. The summed E-state index contributed by atoms with van der Waals surface area (Å²) in [4.78, 5) is 2.24. The van der Waals surface area contributed by atoms with Crippen molar-refractivity contribution < 1.29 is 0 Å². The molecule has 0 bridgehead atoms. The van der Waals surface area contributed by atoms with Gasteiger partial charge in [-0.2, -0.15) is 0 Å². The van der Waals surface area contributed by atoms with Crippen molar-refractivity contribution in [2.24, 2.45) is 5.92 Å². The Morgan fingerprint density at radius 3 is 2.56 bits per heavy atom. The molecule has 1 aromatic rings. The lowest BCUT2D eigenvalue weighted by atomic mass is 10.0. The van der Waals surface area contributed by atoms with E-state index >= 15 is 0 Å². The van der Waals surface area contributed by atoms with E-state index in [9.17, 15) is 0 Å². The first kappa shape index (κ1) is 13.1. The lowest BCUT2D eigenvalue weighted by molar-refractivity contribution is 0.305. The van der Waals surface area contributed by atoms with Gasteiger partial charge in [0.15, 0.2) is 0 Å². The van der Waals surface area contributed by atoms with Gasteiger partial charge in [-0.15, -0.1) is 0 Å². The van der Waals surface area contributed by atoms with Crippen LogP contribution in [0, 0.1) is 11.3 Å². The summed E-state index contributed by atoms with van der Waals surface area (Å²) < 4.78 is 0. The average molecular weight is 244 g/mol. The summed E-state index contributed by atoms with van der Waals surface area (Å²) in [5.41, 5.74) is 2.42. The van der Waals surface area contributed by atoms with Crippen molar-refractivity contribution in [1.29, 1.82) is 5.41 Å². The molecule has 0 radical (unpaired) electrons. The minimum atomic E-state index is 0.476. The second kappa shape index (κ2) is 5.55.